The lowest BCUT2D eigenvalue weighted by molar-refractivity contribution is 0.174. The van der Waals surface area contributed by atoms with Crippen molar-refractivity contribution in [2.24, 2.45) is 0 Å². The largest absolute Gasteiger partial charge is 0.496 e. The molecule has 0 saturated carbocycles. The number of pyridine rings is 1. The van der Waals surface area contributed by atoms with Crippen LogP contribution in [0.1, 0.15) is 5.82 Å². The number of hydrogen-bond donors (Lipinski definition) is 0. The molecule has 3 heterocycles. The van der Waals surface area contributed by atoms with E-state index in [1.807, 2.05) is 18.2 Å². The van der Waals surface area contributed by atoms with E-state index in [1.54, 1.807) is 26.3 Å². The Hall–Kier alpha value is -3.09. The van der Waals surface area contributed by atoms with Gasteiger partial charge in [0.2, 0.25) is 6.79 Å². The zero-order valence-corrected chi connectivity index (χ0v) is 12.6. The fourth-order valence-electron chi connectivity index (χ4n) is 2.42. The van der Waals surface area contributed by atoms with Crippen LogP contribution >= 0.6 is 0 Å². The monoisotopic (exact) mass is 311 g/mol. The van der Waals surface area contributed by atoms with Gasteiger partial charge in [-0.25, -0.2) is 0 Å². The highest BCUT2D eigenvalue weighted by molar-refractivity contribution is 5.74. The zero-order valence-electron chi connectivity index (χ0n) is 12.6. The van der Waals surface area contributed by atoms with E-state index in [9.17, 15) is 0 Å². The molecule has 7 heteroatoms. The van der Waals surface area contributed by atoms with Gasteiger partial charge in [-0.3, -0.25) is 4.98 Å². The van der Waals surface area contributed by atoms with E-state index in [0.717, 1.165) is 11.1 Å². The van der Waals surface area contributed by atoms with Gasteiger partial charge < -0.3 is 18.7 Å². The van der Waals surface area contributed by atoms with Crippen LogP contribution in [0.5, 0.6) is 17.2 Å². The van der Waals surface area contributed by atoms with E-state index in [4.69, 9.17) is 18.7 Å². The van der Waals surface area contributed by atoms with Crippen LogP contribution in [0.2, 0.25) is 0 Å². The van der Waals surface area contributed by atoms with Gasteiger partial charge in [0, 0.05) is 23.4 Å². The van der Waals surface area contributed by atoms with Gasteiger partial charge in [0.15, 0.2) is 17.3 Å². The molecule has 0 amide bonds. The topological polar surface area (TPSA) is 79.5 Å². The third-order valence-corrected chi connectivity index (χ3v) is 3.51. The molecule has 1 aromatic carbocycles. The predicted octanol–water partition coefficient (Wildman–Crippen LogP) is 2.84. The Morgan fingerprint density at radius 1 is 1.13 bits per heavy atom. The molecule has 4 rings (SSSR count). The number of rotatable bonds is 3. The maximum Gasteiger partial charge on any atom is 0.258 e. The van der Waals surface area contributed by atoms with Crippen molar-refractivity contribution in [2.75, 3.05) is 13.9 Å². The van der Waals surface area contributed by atoms with E-state index in [-0.39, 0.29) is 6.79 Å². The fraction of sp³-hybridized carbons (Fsp3) is 0.188. The second-order valence-electron chi connectivity index (χ2n) is 4.98. The molecule has 0 radical (unpaired) electrons. The standard InChI is InChI=1S/C16H13N3O4/c1-9-18-16(23-19-9)10-3-4-17-12(5-10)11-6-14-15(22-8-21-14)7-13(11)20-2/h3-7H,8H2,1-2H3. The maximum atomic E-state index is 5.45. The Balaban J connectivity index is 1.82. The summed E-state index contributed by atoms with van der Waals surface area (Å²) in [5.41, 5.74) is 2.30. The second-order valence-corrected chi connectivity index (χ2v) is 4.98. The number of nitrogens with zero attached hydrogens (tertiary/aromatic N) is 3. The molecular weight excluding hydrogens is 298 g/mol. The first-order valence-electron chi connectivity index (χ1n) is 6.99. The first-order chi connectivity index (χ1) is 11.2. The van der Waals surface area contributed by atoms with Gasteiger partial charge in [-0.2, -0.15) is 4.98 Å². The fourth-order valence-corrected chi connectivity index (χ4v) is 2.42. The number of benzene rings is 1. The molecule has 0 spiro atoms. The van der Waals surface area contributed by atoms with Crippen LogP contribution in [0.3, 0.4) is 0 Å². The first-order valence-corrected chi connectivity index (χ1v) is 6.99. The first kappa shape index (κ1) is 13.6. The molecule has 0 aliphatic carbocycles. The van der Waals surface area contributed by atoms with Gasteiger partial charge in [-0.05, 0) is 25.1 Å². The van der Waals surface area contributed by atoms with Gasteiger partial charge in [-0.15, -0.1) is 0 Å². The summed E-state index contributed by atoms with van der Waals surface area (Å²) in [5, 5.41) is 3.81. The van der Waals surface area contributed by atoms with Gasteiger partial charge in [0.05, 0.1) is 12.8 Å². The molecule has 0 unspecified atom stereocenters. The van der Waals surface area contributed by atoms with Crippen molar-refractivity contribution < 1.29 is 18.7 Å². The lowest BCUT2D eigenvalue weighted by Crippen LogP contribution is -1.92. The van der Waals surface area contributed by atoms with Crippen molar-refractivity contribution in [1.29, 1.82) is 0 Å². The molecule has 116 valence electrons. The molecule has 0 fully saturated rings. The third kappa shape index (κ3) is 2.36. The molecule has 1 aliphatic heterocycles. The molecule has 0 N–H and O–H groups in total. The number of aromatic nitrogens is 3. The minimum Gasteiger partial charge on any atom is -0.496 e. The summed E-state index contributed by atoms with van der Waals surface area (Å²) in [6, 6.07) is 7.33. The summed E-state index contributed by atoms with van der Waals surface area (Å²) in [4.78, 5) is 8.64. The van der Waals surface area contributed by atoms with Crippen LogP contribution in [0.15, 0.2) is 35.0 Å². The number of hydrogen-bond acceptors (Lipinski definition) is 7. The highest BCUT2D eigenvalue weighted by Gasteiger charge is 2.20. The molecule has 1 aliphatic rings. The third-order valence-electron chi connectivity index (χ3n) is 3.51. The minimum atomic E-state index is 0.205. The lowest BCUT2D eigenvalue weighted by atomic mass is 10.1. The lowest BCUT2D eigenvalue weighted by Gasteiger charge is -2.10. The van der Waals surface area contributed by atoms with Crippen LogP contribution in [0.25, 0.3) is 22.7 Å². The second kappa shape index (κ2) is 5.28. The smallest absolute Gasteiger partial charge is 0.258 e. The Morgan fingerprint density at radius 3 is 2.70 bits per heavy atom. The molecule has 0 saturated heterocycles. The van der Waals surface area contributed by atoms with Crippen molar-refractivity contribution in [3.63, 3.8) is 0 Å². The molecule has 23 heavy (non-hydrogen) atoms. The van der Waals surface area contributed by atoms with Crippen molar-refractivity contribution in [2.45, 2.75) is 6.92 Å². The summed E-state index contributed by atoms with van der Waals surface area (Å²) in [5.74, 6) is 3.02. The summed E-state index contributed by atoms with van der Waals surface area (Å²) in [6.45, 7) is 1.98. The highest BCUT2D eigenvalue weighted by Crippen LogP contribution is 2.42. The maximum absolute atomic E-state index is 5.45. The summed E-state index contributed by atoms with van der Waals surface area (Å²) >= 11 is 0. The average Bonchev–Trinajstić information content (AvgIpc) is 3.22. The highest BCUT2D eigenvalue weighted by atomic mass is 16.7. The molecule has 7 nitrogen and oxygen atoms in total. The van der Waals surface area contributed by atoms with Crippen molar-refractivity contribution in [1.82, 2.24) is 15.1 Å². The number of fused-ring (bicyclic) bond motifs is 1. The van der Waals surface area contributed by atoms with E-state index in [1.165, 1.54) is 0 Å². The van der Waals surface area contributed by atoms with Crippen molar-refractivity contribution >= 4 is 0 Å². The van der Waals surface area contributed by atoms with E-state index in [0.29, 0.717) is 34.7 Å². The van der Waals surface area contributed by atoms with E-state index >= 15 is 0 Å². The van der Waals surface area contributed by atoms with Crippen LogP contribution < -0.4 is 14.2 Å². The minimum absolute atomic E-state index is 0.205. The molecule has 2 aromatic heterocycles. The summed E-state index contributed by atoms with van der Waals surface area (Å²) in [7, 11) is 1.60. The molecule has 0 bridgehead atoms. The Bertz CT molecular complexity index is 876. The molecular formula is C16H13N3O4. The van der Waals surface area contributed by atoms with Gasteiger partial charge >= 0.3 is 0 Å². The molecule has 0 atom stereocenters. The Labute approximate surface area is 131 Å². The number of methoxy groups -OCH3 is 1. The Kier molecular flexibility index (Phi) is 3.11. The van der Waals surface area contributed by atoms with Crippen LogP contribution in [-0.4, -0.2) is 29.0 Å². The van der Waals surface area contributed by atoms with Gasteiger partial charge in [0.25, 0.3) is 5.89 Å². The van der Waals surface area contributed by atoms with E-state index < -0.39 is 0 Å². The zero-order chi connectivity index (χ0) is 15.8. The van der Waals surface area contributed by atoms with Crippen LogP contribution in [-0.2, 0) is 0 Å². The average molecular weight is 311 g/mol. The van der Waals surface area contributed by atoms with Crippen molar-refractivity contribution in [3.05, 3.63) is 36.3 Å². The Morgan fingerprint density at radius 2 is 1.96 bits per heavy atom. The number of ether oxygens (including phenoxy) is 3. The predicted molar refractivity (Wildman–Crippen MR) is 80.4 cm³/mol. The quantitative estimate of drug-likeness (QED) is 0.735. The normalized spacial score (nSPS) is 12.4. The summed E-state index contributed by atoms with van der Waals surface area (Å²) in [6.07, 6.45) is 1.69. The van der Waals surface area contributed by atoms with Crippen LogP contribution in [0.4, 0.5) is 0 Å². The molecule has 3 aromatic rings. The van der Waals surface area contributed by atoms with Crippen LogP contribution in [0, 0.1) is 6.92 Å². The van der Waals surface area contributed by atoms with E-state index in [2.05, 4.69) is 15.1 Å². The SMILES string of the molecule is COc1cc2c(cc1-c1cc(-c3nc(C)no3)ccn1)OCO2. The summed E-state index contributed by atoms with van der Waals surface area (Å²) < 4.78 is 21.5. The number of aryl methyl sites for hydroxylation is 1. The van der Waals surface area contributed by atoms with Gasteiger partial charge in [0.1, 0.15) is 5.75 Å². The van der Waals surface area contributed by atoms with Gasteiger partial charge in [-0.1, -0.05) is 5.16 Å². The van der Waals surface area contributed by atoms with Crippen molar-refractivity contribution in [3.8, 4) is 40.0 Å².